The van der Waals surface area contributed by atoms with Crippen molar-refractivity contribution in [2.75, 3.05) is 13.1 Å². The Kier molecular flexibility index (Phi) is 6.46. The highest BCUT2D eigenvalue weighted by molar-refractivity contribution is 5.24. The molecule has 0 saturated carbocycles. The SMILES string of the molecule is CCCN(CCC(O)c1ccc(C)c(F)c1)C(C)C. The third-order valence-corrected chi connectivity index (χ3v) is 3.51. The first kappa shape index (κ1) is 16.1. The lowest BCUT2D eigenvalue weighted by Gasteiger charge is -2.27. The van der Waals surface area contributed by atoms with Crippen molar-refractivity contribution in [3.05, 3.63) is 35.1 Å². The Hall–Kier alpha value is -0.930. The van der Waals surface area contributed by atoms with E-state index < -0.39 is 6.10 Å². The van der Waals surface area contributed by atoms with Gasteiger partial charge in [-0.15, -0.1) is 0 Å². The van der Waals surface area contributed by atoms with Crippen LogP contribution in [0.3, 0.4) is 0 Å². The van der Waals surface area contributed by atoms with Crippen molar-refractivity contribution in [3.8, 4) is 0 Å². The van der Waals surface area contributed by atoms with Crippen LogP contribution in [0.2, 0.25) is 0 Å². The highest BCUT2D eigenvalue weighted by Gasteiger charge is 2.13. The number of hydrogen-bond acceptors (Lipinski definition) is 2. The van der Waals surface area contributed by atoms with Gasteiger partial charge in [0, 0.05) is 12.6 Å². The lowest BCUT2D eigenvalue weighted by atomic mass is 10.0. The maximum Gasteiger partial charge on any atom is 0.126 e. The third-order valence-electron chi connectivity index (χ3n) is 3.51. The second-order valence-corrected chi connectivity index (χ2v) is 5.44. The zero-order chi connectivity index (χ0) is 14.4. The van der Waals surface area contributed by atoms with Crippen LogP contribution in [0.5, 0.6) is 0 Å². The average Bonchev–Trinajstić information content (AvgIpc) is 2.37. The molecule has 1 atom stereocenters. The Morgan fingerprint density at radius 1 is 1.26 bits per heavy atom. The summed E-state index contributed by atoms with van der Waals surface area (Å²) in [5, 5.41) is 10.1. The quantitative estimate of drug-likeness (QED) is 0.814. The molecule has 0 radical (unpaired) electrons. The number of halogens is 1. The van der Waals surface area contributed by atoms with E-state index in [0.29, 0.717) is 23.6 Å². The standard InChI is InChI=1S/C16H26FNO/c1-5-9-18(12(2)3)10-8-16(19)14-7-6-13(4)15(17)11-14/h6-7,11-12,16,19H,5,8-10H2,1-4H3. The summed E-state index contributed by atoms with van der Waals surface area (Å²) in [5.74, 6) is -0.245. The Morgan fingerprint density at radius 3 is 2.47 bits per heavy atom. The minimum absolute atomic E-state index is 0.245. The molecule has 0 amide bonds. The normalized spacial score (nSPS) is 13.3. The first-order valence-electron chi connectivity index (χ1n) is 7.13. The van der Waals surface area contributed by atoms with Crippen LogP contribution in [0, 0.1) is 12.7 Å². The van der Waals surface area contributed by atoms with E-state index in [-0.39, 0.29) is 5.82 Å². The monoisotopic (exact) mass is 267 g/mol. The van der Waals surface area contributed by atoms with Crippen molar-refractivity contribution < 1.29 is 9.50 Å². The van der Waals surface area contributed by atoms with E-state index in [4.69, 9.17) is 0 Å². The van der Waals surface area contributed by atoms with Crippen LogP contribution in [0.1, 0.15) is 50.8 Å². The van der Waals surface area contributed by atoms with E-state index in [1.807, 2.05) is 6.07 Å². The minimum Gasteiger partial charge on any atom is -0.388 e. The lowest BCUT2D eigenvalue weighted by molar-refractivity contribution is 0.130. The van der Waals surface area contributed by atoms with Crippen LogP contribution in [0.15, 0.2) is 18.2 Å². The van der Waals surface area contributed by atoms with Crippen LogP contribution in [-0.4, -0.2) is 29.1 Å². The fraction of sp³-hybridized carbons (Fsp3) is 0.625. The molecule has 0 heterocycles. The maximum absolute atomic E-state index is 13.5. The molecule has 0 aliphatic carbocycles. The highest BCUT2D eigenvalue weighted by Crippen LogP contribution is 2.20. The molecule has 3 heteroatoms. The van der Waals surface area contributed by atoms with Crippen molar-refractivity contribution in [3.63, 3.8) is 0 Å². The van der Waals surface area contributed by atoms with Crippen molar-refractivity contribution in [1.29, 1.82) is 0 Å². The molecule has 1 aromatic carbocycles. The highest BCUT2D eigenvalue weighted by atomic mass is 19.1. The van der Waals surface area contributed by atoms with Gasteiger partial charge in [0.2, 0.25) is 0 Å². The zero-order valence-corrected chi connectivity index (χ0v) is 12.5. The minimum atomic E-state index is -0.590. The van der Waals surface area contributed by atoms with E-state index in [1.165, 1.54) is 6.07 Å². The number of benzene rings is 1. The predicted molar refractivity (Wildman–Crippen MR) is 77.7 cm³/mol. The summed E-state index contributed by atoms with van der Waals surface area (Å²) in [6.07, 6.45) is 1.15. The third kappa shape index (κ3) is 4.92. The van der Waals surface area contributed by atoms with Gasteiger partial charge < -0.3 is 10.0 Å². The second kappa shape index (κ2) is 7.61. The summed E-state index contributed by atoms with van der Waals surface area (Å²) in [5.41, 5.74) is 1.29. The molecular weight excluding hydrogens is 241 g/mol. The molecular formula is C16H26FNO. The van der Waals surface area contributed by atoms with E-state index in [0.717, 1.165) is 19.5 Å². The average molecular weight is 267 g/mol. The van der Waals surface area contributed by atoms with E-state index in [1.54, 1.807) is 13.0 Å². The van der Waals surface area contributed by atoms with Gasteiger partial charge in [0.25, 0.3) is 0 Å². The number of aliphatic hydroxyl groups is 1. The number of aryl methyl sites for hydroxylation is 1. The molecule has 1 N–H and O–H groups in total. The summed E-state index contributed by atoms with van der Waals surface area (Å²) in [7, 11) is 0. The van der Waals surface area contributed by atoms with Crippen molar-refractivity contribution in [2.24, 2.45) is 0 Å². The van der Waals surface area contributed by atoms with Gasteiger partial charge in [-0.2, -0.15) is 0 Å². The molecule has 0 aliphatic heterocycles. The summed E-state index contributed by atoms with van der Waals surface area (Å²) in [6.45, 7) is 10.1. The Morgan fingerprint density at radius 2 is 1.95 bits per heavy atom. The molecule has 0 aliphatic rings. The Bertz CT molecular complexity index is 392. The van der Waals surface area contributed by atoms with Crippen molar-refractivity contribution in [2.45, 2.75) is 52.7 Å². The Balaban J connectivity index is 2.58. The molecule has 19 heavy (non-hydrogen) atoms. The van der Waals surface area contributed by atoms with Crippen LogP contribution < -0.4 is 0 Å². The number of aliphatic hydroxyl groups excluding tert-OH is 1. The van der Waals surface area contributed by atoms with Gasteiger partial charge in [-0.1, -0.05) is 19.1 Å². The summed E-state index contributed by atoms with van der Waals surface area (Å²) >= 11 is 0. The maximum atomic E-state index is 13.5. The molecule has 0 aromatic heterocycles. The van der Waals surface area contributed by atoms with Crippen molar-refractivity contribution >= 4 is 0 Å². The Labute approximate surface area is 116 Å². The summed E-state index contributed by atoms with van der Waals surface area (Å²) in [6, 6.07) is 5.45. The van der Waals surface area contributed by atoms with Gasteiger partial charge in [-0.05, 0) is 57.4 Å². The molecule has 108 valence electrons. The molecule has 0 spiro atoms. The topological polar surface area (TPSA) is 23.5 Å². The number of nitrogens with zero attached hydrogens (tertiary/aromatic N) is 1. The molecule has 2 nitrogen and oxygen atoms in total. The molecule has 1 unspecified atom stereocenters. The van der Waals surface area contributed by atoms with Crippen LogP contribution >= 0.6 is 0 Å². The molecule has 1 rings (SSSR count). The second-order valence-electron chi connectivity index (χ2n) is 5.44. The van der Waals surface area contributed by atoms with Gasteiger partial charge in [0.05, 0.1) is 6.10 Å². The van der Waals surface area contributed by atoms with Gasteiger partial charge in [0.15, 0.2) is 0 Å². The lowest BCUT2D eigenvalue weighted by Crippen LogP contribution is -2.33. The molecule has 0 bridgehead atoms. The van der Waals surface area contributed by atoms with Gasteiger partial charge in [-0.25, -0.2) is 4.39 Å². The predicted octanol–water partition coefficient (Wildman–Crippen LogP) is 3.68. The molecule has 1 aromatic rings. The zero-order valence-electron chi connectivity index (χ0n) is 12.5. The van der Waals surface area contributed by atoms with Crippen LogP contribution in [0.4, 0.5) is 4.39 Å². The fourth-order valence-electron chi connectivity index (χ4n) is 2.19. The summed E-state index contributed by atoms with van der Waals surface area (Å²) in [4.78, 5) is 2.34. The molecule has 0 saturated heterocycles. The van der Waals surface area contributed by atoms with E-state index >= 15 is 0 Å². The van der Waals surface area contributed by atoms with Crippen molar-refractivity contribution in [1.82, 2.24) is 4.90 Å². The van der Waals surface area contributed by atoms with Gasteiger partial charge in [0.1, 0.15) is 5.82 Å². The fourth-order valence-corrected chi connectivity index (χ4v) is 2.19. The van der Waals surface area contributed by atoms with E-state index in [9.17, 15) is 9.50 Å². The first-order chi connectivity index (χ1) is 8.95. The number of rotatable bonds is 7. The first-order valence-corrected chi connectivity index (χ1v) is 7.13. The number of hydrogen-bond donors (Lipinski definition) is 1. The van der Waals surface area contributed by atoms with Crippen LogP contribution in [-0.2, 0) is 0 Å². The largest absolute Gasteiger partial charge is 0.388 e. The smallest absolute Gasteiger partial charge is 0.126 e. The molecule has 0 fully saturated rings. The van der Waals surface area contributed by atoms with Crippen LogP contribution in [0.25, 0.3) is 0 Å². The summed E-state index contributed by atoms with van der Waals surface area (Å²) < 4.78 is 13.5. The van der Waals surface area contributed by atoms with Gasteiger partial charge >= 0.3 is 0 Å². The van der Waals surface area contributed by atoms with E-state index in [2.05, 4.69) is 25.7 Å². The van der Waals surface area contributed by atoms with Gasteiger partial charge in [-0.3, -0.25) is 0 Å².